The van der Waals surface area contributed by atoms with Gasteiger partial charge in [-0.15, -0.1) is 11.8 Å². The summed E-state index contributed by atoms with van der Waals surface area (Å²) < 4.78 is 7.53. The Morgan fingerprint density at radius 2 is 1.57 bits per heavy atom. The van der Waals surface area contributed by atoms with E-state index in [1.54, 1.807) is 18.9 Å². The van der Waals surface area contributed by atoms with E-state index >= 15 is 0 Å². The number of hydrogen-bond acceptors (Lipinski definition) is 2. The van der Waals surface area contributed by atoms with Crippen LogP contribution in [0.4, 0.5) is 0 Å². The van der Waals surface area contributed by atoms with Crippen molar-refractivity contribution in [2.45, 2.75) is 18.7 Å². The van der Waals surface area contributed by atoms with Gasteiger partial charge in [-0.1, -0.05) is 29.8 Å². The van der Waals surface area contributed by atoms with Crippen LogP contribution in [0.25, 0.3) is 16.8 Å². The smallest absolute Gasteiger partial charge is 0.118 e. The molecule has 0 fully saturated rings. The molecule has 0 radical (unpaired) electrons. The van der Waals surface area contributed by atoms with Gasteiger partial charge in [0.1, 0.15) is 5.75 Å². The normalized spacial score (nSPS) is 10.8. The van der Waals surface area contributed by atoms with Crippen molar-refractivity contribution >= 4 is 11.8 Å². The summed E-state index contributed by atoms with van der Waals surface area (Å²) in [5, 5.41) is 0. The first-order valence-electron chi connectivity index (χ1n) is 7.61. The molecule has 0 aliphatic heterocycles. The maximum absolute atomic E-state index is 5.26. The molecule has 0 amide bonds. The Morgan fingerprint density at radius 1 is 0.913 bits per heavy atom. The molecule has 2 nitrogen and oxygen atoms in total. The average Bonchev–Trinajstić information content (AvgIpc) is 2.92. The van der Waals surface area contributed by atoms with Gasteiger partial charge in [0.15, 0.2) is 0 Å². The summed E-state index contributed by atoms with van der Waals surface area (Å²) in [5.74, 6) is 0.883. The highest BCUT2D eigenvalue weighted by atomic mass is 32.2. The second-order valence-electron chi connectivity index (χ2n) is 5.60. The van der Waals surface area contributed by atoms with Crippen molar-refractivity contribution in [1.82, 2.24) is 4.57 Å². The van der Waals surface area contributed by atoms with Crippen LogP contribution in [0.3, 0.4) is 0 Å². The van der Waals surface area contributed by atoms with Crippen molar-refractivity contribution in [3.63, 3.8) is 0 Å². The maximum Gasteiger partial charge on any atom is 0.118 e. The molecule has 3 heteroatoms. The highest BCUT2D eigenvalue weighted by Crippen LogP contribution is 2.36. The van der Waals surface area contributed by atoms with Gasteiger partial charge in [-0.2, -0.15) is 0 Å². The average molecular weight is 323 g/mol. The number of ether oxygens (including phenoxy) is 1. The number of benzene rings is 2. The zero-order chi connectivity index (χ0) is 16.4. The molecule has 0 saturated carbocycles. The lowest BCUT2D eigenvalue weighted by molar-refractivity contribution is 0.415. The van der Waals surface area contributed by atoms with Crippen LogP contribution in [0.5, 0.6) is 5.75 Å². The quantitative estimate of drug-likeness (QED) is 0.589. The minimum atomic E-state index is 0.883. The van der Waals surface area contributed by atoms with E-state index in [0.29, 0.717) is 0 Å². The van der Waals surface area contributed by atoms with Crippen molar-refractivity contribution in [2.24, 2.45) is 0 Å². The van der Waals surface area contributed by atoms with Crippen LogP contribution in [0.2, 0.25) is 0 Å². The molecular weight excluding hydrogens is 302 g/mol. The van der Waals surface area contributed by atoms with Gasteiger partial charge in [0.25, 0.3) is 0 Å². The summed E-state index contributed by atoms with van der Waals surface area (Å²) in [6.45, 7) is 4.29. The van der Waals surface area contributed by atoms with Gasteiger partial charge < -0.3 is 9.30 Å². The summed E-state index contributed by atoms with van der Waals surface area (Å²) in [7, 11) is 1.69. The third-order valence-corrected chi connectivity index (χ3v) is 5.03. The van der Waals surface area contributed by atoms with Crippen LogP contribution in [-0.4, -0.2) is 17.9 Å². The molecule has 0 aliphatic carbocycles. The number of methoxy groups -OCH3 is 1. The third kappa shape index (κ3) is 3.02. The van der Waals surface area contributed by atoms with Crippen molar-refractivity contribution in [1.29, 1.82) is 0 Å². The van der Waals surface area contributed by atoms with Crippen molar-refractivity contribution in [3.8, 4) is 22.6 Å². The molecule has 3 rings (SSSR count). The summed E-state index contributed by atoms with van der Waals surface area (Å²) in [5.41, 5.74) is 6.22. The third-order valence-electron chi connectivity index (χ3n) is 4.11. The molecule has 1 aromatic heterocycles. The van der Waals surface area contributed by atoms with Gasteiger partial charge in [0, 0.05) is 28.0 Å². The molecule has 118 valence electrons. The minimum absolute atomic E-state index is 0.883. The Labute approximate surface area is 142 Å². The molecule has 2 aromatic carbocycles. The molecule has 0 saturated heterocycles. The van der Waals surface area contributed by atoms with Gasteiger partial charge in [-0.25, -0.2) is 0 Å². The van der Waals surface area contributed by atoms with E-state index in [2.05, 4.69) is 67.3 Å². The monoisotopic (exact) mass is 323 g/mol. The predicted octanol–water partition coefficient (Wildman–Crippen LogP) is 5.49. The van der Waals surface area contributed by atoms with E-state index in [1.807, 2.05) is 12.1 Å². The minimum Gasteiger partial charge on any atom is -0.497 e. The van der Waals surface area contributed by atoms with Crippen LogP contribution in [0.1, 0.15) is 11.3 Å². The maximum atomic E-state index is 5.26. The van der Waals surface area contributed by atoms with E-state index in [-0.39, 0.29) is 0 Å². The molecule has 0 spiro atoms. The second-order valence-corrected chi connectivity index (χ2v) is 6.41. The topological polar surface area (TPSA) is 14.2 Å². The first-order valence-corrected chi connectivity index (χ1v) is 8.84. The zero-order valence-electron chi connectivity index (χ0n) is 14.0. The Morgan fingerprint density at radius 3 is 2.13 bits per heavy atom. The van der Waals surface area contributed by atoms with Gasteiger partial charge in [0.05, 0.1) is 7.11 Å². The molecule has 23 heavy (non-hydrogen) atoms. The van der Waals surface area contributed by atoms with Crippen molar-refractivity contribution in [3.05, 3.63) is 66.0 Å². The summed E-state index contributed by atoms with van der Waals surface area (Å²) in [4.78, 5) is 1.32. The van der Waals surface area contributed by atoms with Gasteiger partial charge in [0.2, 0.25) is 0 Å². The lowest BCUT2D eigenvalue weighted by Gasteiger charge is -2.07. The standard InChI is InChI=1S/C20H21NOS/c1-14-5-9-17(10-6-14)21-13-19(20(23-4)15(21)2)16-7-11-18(22-3)12-8-16/h5-13H,1-4H3. The van der Waals surface area contributed by atoms with E-state index in [0.717, 1.165) is 5.75 Å². The molecule has 1 heterocycles. The Balaban J connectivity index is 2.10. The van der Waals surface area contributed by atoms with Crippen molar-refractivity contribution in [2.75, 3.05) is 13.4 Å². The number of aromatic nitrogens is 1. The van der Waals surface area contributed by atoms with E-state index in [9.17, 15) is 0 Å². The summed E-state index contributed by atoms with van der Waals surface area (Å²) >= 11 is 1.79. The van der Waals surface area contributed by atoms with Crippen LogP contribution in [0.15, 0.2) is 59.6 Å². The highest BCUT2D eigenvalue weighted by molar-refractivity contribution is 7.98. The number of hydrogen-bond donors (Lipinski definition) is 0. The van der Waals surface area contributed by atoms with Crippen molar-refractivity contribution < 1.29 is 4.74 Å². The summed E-state index contributed by atoms with van der Waals surface area (Å²) in [6.07, 6.45) is 4.36. The first-order chi connectivity index (χ1) is 11.1. The fraction of sp³-hybridized carbons (Fsp3) is 0.200. The lowest BCUT2D eigenvalue weighted by atomic mass is 10.1. The Bertz CT molecular complexity index is 801. The van der Waals surface area contributed by atoms with Crippen LogP contribution >= 0.6 is 11.8 Å². The van der Waals surface area contributed by atoms with E-state index in [1.165, 1.54) is 33.0 Å². The van der Waals surface area contributed by atoms with Gasteiger partial charge >= 0.3 is 0 Å². The fourth-order valence-corrected chi connectivity index (χ4v) is 3.58. The zero-order valence-corrected chi connectivity index (χ0v) is 14.8. The van der Waals surface area contributed by atoms with Gasteiger partial charge in [-0.05, 0) is 49.9 Å². The second kappa shape index (κ2) is 6.55. The fourth-order valence-electron chi connectivity index (χ4n) is 2.80. The molecule has 0 unspecified atom stereocenters. The molecular formula is C20H21NOS. The number of thioether (sulfide) groups is 1. The molecule has 0 aliphatic rings. The van der Waals surface area contributed by atoms with Gasteiger partial charge in [-0.3, -0.25) is 0 Å². The molecule has 0 bridgehead atoms. The SMILES string of the molecule is COc1ccc(-c2cn(-c3ccc(C)cc3)c(C)c2SC)cc1. The van der Waals surface area contributed by atoms with Crippen LogP contribution < -0.4 is 4.74 Å². The van der Waals surface area contributed by atoms with Crippen LogP contribution in [0, 0.1) is 13.8 Å². The first kappa shape index (κ1) is 15.8. The summed E-state index contributed by atoms with van der Waals surface area (Å²) in [6, 6.07) is 16.9. The Kier molecular flexibility index (Phi) is 4.49. The Hall–Kier alpha value is -2.13. The largest absolute Gasteiger partial charge is 0.497 e. The predicted molar refractivity (Wildman–Crippen MR) is 99.0 cm³/mol. The molecule has 0 N–H and O–H groups in total. The van der Waals surface area contributed by atoms with E-state index < -0.39 is 0 Å². The number of nitrogens with zero attached hydrogens (tertiary/aromatic N) is 1. The van der Waals surface area contributed by atoms with Crippen LogP contribution in [-0.2, 0) is 0 Å². The molecule has 3 aromatic rings. The van der Waals surface area contributed by atoms with E-state index in [4.69, 9.17) is 4.74 Å². The number of aryl methyl sites for hydroxylation is 1. The highest BCUT2D eigenvalue weighted by Gasteiger charge is 2.14. The lowest BCUT2D eigenvalue weighted by Crippen LogP contribution is -1.94. The number of rotatable bonds is 4. The molecule has 0 atom stereocenters.